The van der Waals surface area contributed by atoms with Crippen molar-refractivity contribution in [1.29, 1.82) is 0 Å². The Morgan fingerprint density at radius 1 is 1.33 bits per heavy atom. The van der Waals surface area contributed by atoms with E-state index in [9.17, 15) is 14.0 Å². The molecular weight excluding hydrogens is 291 g/mol. The fourth-order valence-corrected chi connectivity index (χ4v) is 2.90. The maximum absolute atomic E-state index is 12.9. The first-order chi connectivity index (χ1) is 10.0. The summed E-state index contributed by atoms with van der Waals surface area (Å²) in [5.74, 6) is -0.413. The SMILES string of the molecule is CCN(C(=O)CCn1c(C)csc1=O)c1ccc(F)cc1. The maximum Gasteiger partial charge on any atom is 0.307 e. The summed E-state index contributed by atoms with van der Waals surface area (Å²) in [6, 6.07) is 5.83. The molecule has 2 aromatic rings. The van der Waals surface area contributed by atoms with E-state index < -0.39 is 0 Å². The fraction of sp³-hybridized carbons (Fsp3) is 0.333. The van der Waals surface area contributed by atoms with Crippen molar-refractivity contribution in [3.8, 4) is 0 Å². The number of hydrogen-bond acceptors (Lipinski definition) is 3. The number of aromatic nitrogens is 1. The van der Waals surface area contributed by atoms with Gasteiger partial charge in [0.15, 0.2) is 0 Å². The van der Waals surface area contributed by atoms with Gasteiger partial charge in [-0.25, -0.2) is 4.39 Å². The molecule has 1 aromatic heterocycles. The minimum absolute atomic E-state index is 0.0508. The zero-order valence-corrected chi connectivity index (χ0v) is 12.8. The highest BCUT2D eigenvalue weighted by Crippen LogP contribution is 2.16. The van der Waals surface area contributed by atoms with Gasteiger partial charge >= 0.3 is 4.87 Å². The average Bonchev–Trinajstić information content (AvgIpc) is 2.78. The molecule has 0 saturated heterocycles. The molecule has 1 heterocycles. The highest BCUT2D eigenvalue weighted by atomic mass is 32.1. The van der Waals surface area contributed by atoms with E-state index >= 15 is 0 Å². The second-order valence-electron chi connectivity index (χ2n) is 4.66. The van der Waals surface area contributed by atoms with E-state index in [4.69, 9.17) is 0 Å². The number of aryl methyl sites for hydroxylation is 1. The van der Waals surface area contributed by atoms with Gasteiger partial charge in [0.05, 0.1) is 0 Å². The third-order valence-electron chi connectivity index (χ3n) is 3.28. The Balaban J connectivity index is 2.07. The van der Waals surface area contributed by atoms with Crippen LogP contribution in [0.15, 0.2) is 34.4 Å². The topological polar surface area (TPSA) is 42.3 Å². The standard InChI is InChI=1S/C15H17FN2O2S/c1-3-17(13-6-4-12(16)5-7-13)14(19)8-9-18-11(2)10-21-15(18)20/h4-7,10H,3,8-9H2,1-2H3. The largest absolute Gasteiger partial charge is 0.313 e. The summed E-state index contributed by atoms with van der Waals surface area (Å²) in [6.07, 6.45) is 0.239. The number of nitrogens with zero attached hydrogens (tertiary/aromatic N) is 2. The summed E-state index contributed by atoms with van der Waals surface area (Å²) in [4.78, 5) is 25.5. The van der Waals surface area contributed by atoms with Crippen LogP contribution in [-0.2, 0) is 11.3 Å². The van der Waals surface area contributed by atoms with Crippen LogP contribution < -0.4 is 9.77 Å². The summed E-state index contributed by atoms with van der Waals surface area (Å²) < 4.78 is 14.5. The van der Waals surface area contributed by atoms with Gasteiger partial charge in [0.1, 0.15) is 5.82 Å². The number of thiazole rings is 1. The predicted octanol–water partition coefficient (Wildman–Crippen LogP) is 2.80. The van der Waals surface area contributed by atoms with Crippen LogP contribution in [0.5, 0.6) is 0 Å². The first-order valence-electron chi connectivity index (χ1n) is 6.73. The van der Waals surface area contributed by atoms with Crippen molar-refractivity contribution >= 4 is 22.9 Å². The summed E-state index contributed by atoms with van der Waals surface area (Å²) in [5.41, 5.74) is 1.53. The molecule has 112 valence electrons. The molecule has 0 spiro atoms. The molecule has 0 aliphatic heterocycles. The van der Waals surface area contributed by atoms with Gasteiger partial charge in [-0.15, -0.1) is 0 Å². The van der Waals surface area contributed by atoms with E-state index in [-0.39, 0.29) is 23.0 Å². The highest BCUT2D eigenvalue weighted by molar-refractivity contribution is 7.07. The highest BCUT2D eigenvalue weighted by Gasteiger charge is 2.14. The van der Waals surface area contributed by atoms with Crippen LogP contribution in [0.25, 0.3) is 0 Å². The molecule has 21 heavy (non-hydrogen) atoms. The molecule has 0 fully saturated rings. The number of rotatable bonds is 5. The summed E-state index contributed by atoms with van der Waals surface area (Å²) >= 11 is 1.14. The van der Waals surface area contributed by atoms with Gasteiger partial charge in [-0.3, -0.25) is 9.59 Å². The van der Waals surface area contributed by atoms with Gasteiger partial charge < -0.3 is 9.47 Å². The average molecular weight is 308 g/mol. The Bertz CT molecular complexity index is 676. The second kappa shape index (κ2) is 6.67. The van der Waals surface area contributed by atoms with E-state index in [0.717, 1.165) is 17.0 Å². The quantitative estimate of drug-likeness (QED) is 0.852. The third-order valence-corrected chi connectivity index (χ3v) is 4.16. The van der Waals surface area contributed by atoms with Crippen molar-refractivity contribution in [2.75, 3.05) is 11.4 Å². The van der Waals surface area contributed by atoms with Crippen LogP contribution in [0, 0.1) is 12.7 Å². The van der Waals surface area contributed by atoms with Gasteiger partial charge in [-0.1, -0.05) is 11.3 Å². The van der Waals surface area contributed by atoms with Crippen molar-refractivity contribution in [3.63, 3.8) is 0 Å². The number of halogens is 1. The van der Waals surface area contributed by atoms with E-state index in [2.05, 4.69) is 0 Å². The Morgan fingerprint density at radius 2 is 2.00 bits per heavy atom. The van der Waals surface area contributed by atoms with Crippen LogP contribution in [0.2, 0.25) is 0 Å². The molecule has 1 amide bonds. The molecule has 0 radical (unpaired) electrons. The van der Waals surface area contributed by atoms with E-state index in [1.165, 1.54) is 12.1 Å². The lowest BCUT2D eigenvalue weighted by Gasteiger charge is -2.21. The van der Waals surface area contributed by atoms with Gasteiger partial charge in [0.25, 0.3) is 0 Å². The van der Waals surface area contributed by atoms with Gasteiger partial charge in [-0.05, 0) is 38.1 Å². The number of anilines is 1. The molecule has 2 rings (SSSR count). The molecule has 0 bridgehead atoms. The molecule has 0 N–H and O–H groups in total. The molecule has 0 unspecified atom stereocenters. The monoisotopic (exact) mass is 308 g/mol. The lowest BCUT2D eigenvalue weighted by molar-refractivity contribution is -0.118. The van der Waals surface area contributed by atoms with Crippen molar-refractivity contribution in [2.45, 2.75) is 26.8 Å². The first kappa shape index (κ1) is 15.4. The van der Waals surface area contributed by atoms with Crippen LogP contribution in [-0.4, -0.2) is 17.0 Å². The van der Waals surface area contributed by atoms with E-state index in [1.807, 2.05) is 13.8 Å². The Kier molecular flexibility index (Phi) is 4.90. The molecule has 6 heteroatoms. The summed E-state index contributed by atoms with van der Waals surface area (Å²) in [7, 11) is 0. The predicted molar refractivity (Wildman–Crippen MR) is 82.4 cm³/mol. The van der Waals surface area contributed by atoms with Crippen LogP contribution >= 0.6 is 11.3 Å². The number of carbonyl (C=O) groups is 1. The van der Waals surface area contributed by atoms with Crippen LogP contribution in [0.3, 0.4) is 0 Å². The van der Waals surface area contributed by atoms with Gasteiger partial charge in [-0.2, -0.15) is 0 Å². The minimum atomic E-state index is -0.331. The fourth-order valence-electron chi connectivity index (χ4n) is 2.14. The zero-order chi connectivity index (χ0) is 15.4. The maximum atomic E-state index is 12.9. The second-order valence-corrected chi connectivity index (χ2v) is 5.48. The van der Waals surface area contributed by atoms with Crippen molar-refractivity contribution < 1.29 is 9.18 Å². The van der Waals surface area contributed by atoms with Gasteiger partial charge in [0.2, 0.25) is 5.91 Å². The third kappa shape index (κ3) is 3.58. The summed E-state index contributed by atoms with van der Waals surface area (Å²) in [6.45, 7) is 4.58. The van der Waals surface area contributed by atoms with Crippen molar-refractivity contribution in [3.05, 3.63) is 50.8 Å². The minimum Gasteiger partial charge on any atom is -0.313 e. The molecule has 0 aliphatic carbocycles. The first-order valence-corrected chi connectivity index (χ1v) is 7.61. The molecule has 1 aromatic carbocycles. The number of carbonyl (C=O) groups excluding carboxylic acids is 1. The summed E-state index contributed by atoms with van der Waals surface area (Å²) in [5, 5.41) is 1.78. The smallest absolute Gasteiger partial charge is 0.307 e. The van der Waals surface area contributed by atoms with E-state index in [0.29, 0.717) is 18.8 Å². The van der Waals surface area contributed by atoms with Crippen LogP contribution in [0.1, 0.15) is 19.0 Å². The molecular formula is C15H17FN2O2S. The molecule has 0 saturated carbocycles. The lowest BCUT2D eigenvalue weighted by Crippen LogP contribution is -2.32. The van der Waals surface area contributed by atoms with Crippen molar-refractivity contribution in [2.24, 2.45) is 0 Å². The normalized spacial score (nSPS) is 10.6. The van der Waals surface area contributed by atoms with E-state index in [1.54, 1.807) is 27.0 Å². The Labute approximate surface area is 126 Å². The number of hydrogen-bond donors (Lipinski definition) is 0. The Hall–Kier alpha value is -1.95. The molecule has 0 aliphatic rings. The molecule has 0 atom stereocenters. The van der Waals surface area contributed by atoms with Crippen molar-refractivity contribution in [1.82, 2.24) is 4.57 Å². The molecule has 4 nitrogen and oxygen atoms in total. The van der Waals surface area contributed by atoms with Gasteiger partial charge in [0, 0.05) is 36.3 Å². The number of benzene rings is 1. The lowest BCUT2D eigenvalue weighted by atomic mass is 10.2. The Morgan fingerprint density at radius 3 is 2.52 bits per heavy atom. The number of amides is 1. The zero-order valence-electron chi connectivity index (χ0n) is 12.0. The van der Waals surface area contributed by atoms with Crippen LogP contribution in [0.4, 0.5) is 10.1 Å².